The van der Waals surface area contributed by atoms with Crippen molar-refractivity contribution in [3.05, 3.63) is 62.6 Å². The van der Waals surface area contributed by atoms with E-state index in [1.165, 1.54) is 18.2 Å². The second-order valence-electron chi connectivity index (χ2n) is 4.50. The lowest BCUT2D eigenvalue weighted by atomic mass is 10.2. The zero-order valence-corrected chi connectivity index (χ0v) is 13.3. The summed E-state index contributed by atoms with van der Waals surface area (Å²) >= 11 is 11.8. The zero-order valence-electron chi connectivity index (χ0n) is 11.8. The minimum absolute atomic E-state index is 0.0819. The largest absolute Gasteiger partial charge is 0.491 e. The highest BCUT2D eigenvalue weighted by atomic mass is 35.5. The number of nitro benzene ring substituents is 1. The fourth-order valence-electron chi connectivity index (χ4n) is 1.75. The normalized spacial score (nSPS) is 10.2. The van der Waals surface area contributed by atoms with Gasteiger partial charge in [-0.05, 0) is 18.2 Å². The first-order valence-electron chi connectivity index (χ1n) is 6.58. The molecule has 0 atom stereocenters. The molecule has 0 spiro atoms. The molecule has 0 aliphatic carbocycles. The van der Waals surface area contributed by atoms with Gasteiger partial charge < -0.3 is 10.1 Å². The van der Waals surface area contributed by atoms with Gasteiger partial charge >= 0.3 is 0 Å². The molecule has 0 unspecified atom stereocenters. The van der Waals surface area contributed by atoms with Crippen LogP contribution in [-0.4, -0.2) is 17.4 Å². The predicted octanol–water partition coefficient (Wildman–Crippen LogP) is 4.31. The molecule has 0 aromatic heterocycles. The number of halogens is 2. The average Bonchev–Trinajstić information content (AvgIpc) is 2.51. The molecule has 23 heavy (non-hydrogen) atoms. The fourth-order valence-corrected chi connectivity index (χ4v) is 2.16. The maximum atomic E-state index is 11.8. The maximum absolute atomic E-state index is 11.8. The van der Waals surface area contributed by atoms with E-state index in [0.29, 0.717) is 16.5 Å². The lowest BCUT2D eigenvalue weighted by Gasteiger charge is -2.09. The predicted molar refractivity (Wildman–Crippen MR) is 88.3 cm³/mol. The minimum atomic E-state index is -0.561. The summed E-state index contributed by atoms with van der Waals surface area (Å²) in [6.07, 6.45) is 0.0819. The first kappa shape index (κ1) is 17.1. The maximum Gasteiger partial charge on any atom is 0.271 e. The van der Waals surface area contributed by atoms with Crippen LogP contribution in [0.1, 0.15) is 6.42 Å². The van der Waals surface area contributed by atoms with Crippen molar-refractivity contribution in [1.82, 2.24) is 0 Å². The highest BCUT2D eigenvalue weighted by molar-refractivity contribution is 6.34. The van der Waals surface area contributed by atoms with Crippen LogP contribution >= 0.6 is 23.2 Å². The molecule has 1 N–H and O–H groups in total. The Hall–Kier alpha value is -2.31. The Balaban J connectivity index is 1.88. The average molecular weight is 355 g/mol. The van der Waals surface area contributed by atoms with Crippen molar-refractivity contribution in [3.8, 4) is 5.75 Å². The van der Waals surface area contributed by atoms with Crippen LogP contribution in [-0.2, 0) is 4.79 Å². The van der Waals surface area contributed by atoms with Gasteiger partial charge in [0.05, 0.1) is 33.7 Å². The topological polar surface area (TPSA) is 81.5 Å². The summed E-state index contributed by atoms with van der Waals surface area (Å²) in [6, 6.07) is 10.8. The van der Waals surface area contributed by atoms with Crippen molar-refractivity contribution < 1.29 is 14.5 Å². The zero-order chi connectivity index (χ0) is 16.8. The molecule has 1 amide bonds. The number of hydrogen-bond acceptors (Lipinski definition) is 4. The van der Waals surface area contributed by atoms with Crippen LogP contribution in [0, 0.1) is 10.1 Å². The number of rotatable bonds is 6. The molecule has 2 rings (SSSR count). The van der Waals surface area contributed by atoms with E-state index < -0.39 is 4.92 Å². The van der Waals surface area contributed by atoms with Crippen molar-refractivity contribution in [2.45, 2.75) is 6.42 Å². The molecule has 0 radical (unpaired) electrons. The SMILES string of the molecule is O=C(CCOc1ccccc1Cl)Nc1ccc([N+](=O)[O-])cc1Cl. The van der Waals surface area contributed by atoms with Crippen LogP contribution < -0.4 is 10.1 Å². The molecule has 8 heteroatoms. The first-order valence-corrected chi connectivity index (χ1v) is 7.34. The molecular formula is C15H12Cl2N2O4. The molecule has 0 bridgehead atoms. The monoisotopic (exact) mass is 354 g/mol. The molecule has 0 saturated carbocycles. The Bertz CT molecular complexity index is 737. The number of nitrogens with zero attached hydrogens (tertiary/aromatic N) is 1. The number of non-ortho nitro benzene ring substituents is 1. The van der Waals surface area contributed by atoms with Crippen LogP contribution in [0.2, 0.25) is 10.0 Å². The lowest BCUT2D eigenvalue weighted by Crippen LogP contribution is -2.15. The Labute approximate surface area is 142 Å². The molecule has 2 aromatic rings. The number of amides is 1. The van der Waals surface area contributed by atoms with Gasteiger partial charge in [0.15, 0.2) is 0 Å². The van der Waals surface area contributed by atoms with Gasteiger partial charge in [-0.25, -0.2) is 0 Å². The summed E-state index contributed by atoms with van der Waals surface area (Å²) in [6.45, 7) is 0.139. The van der Waals surface area contributed by atoms with E-state index in [1.807, 2.05) is 0 Å². The quantitative estimate of drug-likeness (QED) is 0.618. The number of benzene rings is 2. The molecular weight excluding hydrogens is 343 g/mol. The van der Waals surface area contributed by atoms with Crippen LogP contribution in [0.25, 0.3) is 0 Å². The van der Waals surface area contributed by atoms with E-state index in [4.69, 9.17) is 27.9 Å². The second-order valence-corrected chi connectivity index (χ2v) is 5.31. The third-order valence-corrected chi connectivity index (χ3v) is 3.49. The van der Waals surface area contributed by atoms with E-state index in [-0.39, 0.29) is 29.6 Å². The van der Waals surface area contributed by atoms with E-state index in [2.05, 4.69) is 5.32 Å². The Morgan fingerprint density at radius 2 is 1.91 bits per heavy atom. The summed E-state index contributed by atoms with van der Waals surface area (Å²) in [5, 5.41) is 13.8. The fraction of sp³-hybridized carbons (Fsp3) is 0.133. The smallest absolute Gasteiger partial charge is 0.271 e. The number of anilines is 1. The van der Waals surface area contributed by atoms with Crippen LogP contribution in [0.4, 0.5) is 11.4 Å². The summed E-state index contributed by atoms with van der Waals surface area (Å²) in [7, 11) is 0. The molecule has 0 aliphatic heterocycles. The van der Waals surface area contributed by atoms with Crippen LogP contribution in [0.15, 0.2) is 42.5 Å². The number of para-hydroxylation sites is 1. The van der Waals surface area contributed by atoms with E-state index >= 15 is 0 Å². The lowest BCUT2D eigenvalue weighted by molar-refractivity contribution is -0.384. The van der Waals surface area contributed by atoms with Gasteiger partial charge in [-0.15, -0.1) is 0 Å². The van der Waals surface area contributed by atoms with Crippen LogP contribution in [0.5, 0.6) is 5.75 Å². The van der Waals surface area contributed by atoms with Crippen molar-refractivity contribution in [2.24, 2.45) is 0 Å². The number of nitrogens with one attached hydrogen (secondary N) is 1. The van der Waals surface area contributed by atoms with Crippen molar-refractivity contribution in [3.63, 3.8) is 0 Å². The third-order valence-electron chi connectivity index (χ3n) is 2.86. The minimum Gasteiger partial charge on any atom is -0.491 e. The highest BCUT2D eigenvalue weighted by Crippen LogP contribution is 2.27. The molecule has 0 heterocycles. The highest BCUT2D eigenvalue weighted by Gasteiger charge is 2.11. The third kappa shape index (κ3) is 4.84. The van der Waals surface area contributed by atoms with Gasteiger partial charge in [-0.2, -0.15) is 0 Å². The number of carbonyl (C=O) groups excluding carboxylic acids is 1. The summed E-state index contributed by atoms with van der Waals surface area (Å²) < 4.78 is 5.41. The van der Waals surface area contributed by atoms with Gasteiger partial charge in [0.1, 0.15) is 5.75 Å². The number of hydrogen-bond donors (Lipinski definition) is 1. The Morgan fingerprint density at radius 3 is 2.57 bits per heavy atom. The summed E-state index contributed by atoms with van der Waals surface area (Å²) in [5.74, 6) is 0.170. The molecule has 6 nitrogen and oxygen atoms in total. The van der Waals surface area contributed by atoms with Crippen molar-refractivity contribution >= 4 is 40.5 Å². The van der Waals surface area contributed by atoms with Gasteiger partial charge in [0, 0.05) is 12.1 Å². The van der Waals surface area contributed by atoms with Crippen molar-refractivity contribution in [1.29, 1.82) is 0 Å². The molecule has 0 fully saturated rings. The molecule has 120 valence electrons. The molecule has 0 aliphatic rings. The molecule has 2 aromatic carbocycles. The van der Waals surface area contributed by atoms with E-state index in [0.717, 1.165) is 0 Å². The standard InChI is InChI=1S/C15H12Cl2N2O4/c16-11-3-1-2-4-14(11)23-8-7-15(20)18-13-6-5-10(19(21)22)9-12(13)17/h1-6,9H,7-8H2,(H,18,20). The van der Waals surface area contributed by atoms with Gasteiger partial charge in [0.2, 0.25) is 5.91 Å². The molecule has 0 saturated heterocycles. The van der Waals surface area contributed by atoms with Gasteiger partial charge in [0.25, 0.3) is 5.69 Å². The number of ether oxygens (including phenoxy) is 1. The van der Waals surface area contributed by atoms with E-state index in [1.54, 1.807) is 24.3 Å². The number of nitro groups is 1. The summed E-state index contributed by atoms with van der Waals surface area (Å²) in [4.78, 5) is 21.9. The number of carbonyl (C=O) groups is 1. The van der Waals surface area contributed by atoms with Gasteiger partial charge in [-0.1, -0.05) is 35.3 Å². The van der Waals surface area contributed by atoms with E-state index in [9.17, 15) is 14.9 Å². The van der Waals surface area contributed by atoms with Gasteiger partial charge in [-0.3, -0.25) is 14.9 Å². The Kier molecular flexibility index (Phi) is 5.78. The van der Waals surface area contributed by atoms with Crippen molar-refractivity contribution in [2.75, 3.05) is 11.9 Å². The van der Waals surface area contributed by atoms with Crippen LogP contribution in [0.3, 0.4) is 0 Å². The Morgan fingerprint density at radius 1 is 1.17 bits per heavy atom. The summed E-state index contributed by atoms with van der Waals surface area (Å²) in [5.41, 5.74) is 0.162. The first-order chi connectivity index (χ1) is 11.0. The second kappa shape index (κ2) is 7.80.